The zero-order chi connectivity index (χ0) is 19.2. The van der Waals surface area contributed by atoms with Crippen LogP contribution >= 0.6 is 11.3 Å². The molecule has 0 bridgehead atoms. The molecule has 0 N–H and O–H groups in total. The van der Waals surface area contributed by atoms with Crippen LogP contribution in [0.3, 0.4) is 0 Å². The summed E-state index contributed by atoms with van der Waals surface area (Å²) in [4.78, 5) is 25.4. The molecular weight excluding hydrogens is 374 g/mol. The highest BCUT2D eigenvalue weighted by Crippen LogP contribution is 2.13. The van der Waals surface area contributed by atoms with Crippen molar-refractivity contribution >= 4 is 33.1 Å². The van der Waals surface area contributed by atoms with E-state index in [1.807, 2.05) is 23.8 Å². The van der Waals surface area contributed by atoms with Crippen LogP contribution in [0.1, 0.15) is 17.5 Å². The van der Waals surface area contributed by atoms with Crippen LogP contribution in [0.2, 0.25) is 0 Å². The molecule has 0 fully saturated rings. The first-order valence-electron chi connectivity index (χ1n) is 7.98. The van der Waals surface area contributed by atoms with Gasteiger partial charge in [0.1, 0.15) is 0 Å². The van der Waals surface area contributed by atoms with Crippen molar-refractivity contribution < 1.29 is 22.7 Å². The number of rotatable bonds is 8. The van der Waals surface area contributed by atoms with Crippen LogP contribution < -0.4 is 0 Å². The van der Waals surface area contributed by atoms with E-state index in [1.54, 1.807) is 19.2 Å². The molecule has 0 radical (unpaired) electrons. The van der Waals surface area contributed by atoms with Gasteiger partial charge >= 0.3 is 5.97 Å². The predicted octanol–water partition coefficient (Wildman–Crippen LogP) is 2.42. The van der Waals surface area contributed by atoms with E-state index in [2.05, 4.69) is 0 Å². The molecule has 0 atom stereocenters. The lowest BCUT2D eigenvalue weighted by Crippen LogP contribution is -2.30. The van der Waals surface area contributed by atoms with Crippen LogP contribution in [-0.4, -0.2) is 44.6 Å². The molecule has 1 amide bonds. The molecule has 1 aromatic carbocycles. The first-order chi connectivity index (χ1) is 12.3. The highest BCUT2D eigenvalue weighted by atomic mass is 32.2. The second kappa shape index (κ2) is 8.95. The molecule has 2 aromatic rings. The Labute approximate surface area is 157 Å². The molecule has 1 aromatic heterocycles. The Balaban J connectivity index is 1.77. The topological polar surface area (TPSA) is 80.7 Å². The number of carbonyl (C=O) groups excluding carboxylic acids is 2. The van der Waals surface area contributed by atoms with Gasteiger partial charge in [-0.3, -0.25) is 9.59 Å². The molecule has 0 unspecified atom stereocenters. The van der Waals surface area contributed by atoms with Crippen molar-refractivity contribution in [2.75, 3.05) is 19.4 Å². The van der Waals surface area contributed by atoms with Crippen molar-refractivity contribution in [3.05, 3.63) is 52.2 Å². The second-order valence-electron chi connectivity index (χ2n) is 5.92. The first kappa shape index (κ1) is 20.1. The molecule has 6 nitrogen and oxygen atoms in total. The third kappa shape index (κ3) is 5.96. The summed E-state index contributed by atoms with van der Waals surface area (Å²) in [5, 5.41) is 3.86. The van der Waals surface area contributed by atoms with Gasteiger partial charge in [-0.15, -0.1) is 0 Å². The Bertz CT molecular complexity index is 842. The van der Waals surface area contributed by atoms with E-state index in [9.17, 15) is 18.0 Å². The smallest absolute Gasteiger partial charge is 0.307 e. The minimum absolute atomic E-state index is 0.169. The largest absolute Gasteiger partial charge is 0.456 e. The third-order valence-corrected chi connectivity index (χ3v) is 6.20. The van der Waals surface area contributed by atoms with Crippen molar-refractivity contribution in [3.8, 4) is 0 Å². The summed E-state index contributed by atoms with van der Waals surface area (Å²) in [5.41, 5.74) is 1.95. The first-order valence-corrected chi connectivity index (χ1v) is 10.6. The van der Waals surface area contributed by atoms with Crippen molar-refractivity contribution in [2.24, 2.45) is 0 Å². The van der Waals surface area contributed by atoms with Gasteiger partial charge in [-0.05, 0) is 41.4 Å². The fourth-order valence-electron chi connectivity index (χ4n) is 2.15. The normalized spacial score (nSPS) is 11.2. The lowest BCUT2D eigenvalue weighted by molar-refractivity contribution is -0.151. The van der Waals surface area contributed by atoms with Crippen molar-refractivity contribution in [1.82, 2.24) is 4.90 Å². The fourth-order valence-corrected chi connectivity index (χ4v) is 4.03. The van der Waals surface area contributed by atoms with Gasteiger partial charge in [0.25, 0.3) is 5.91 Å². The second-order valence-corrected chi connectivity index (χ2v) is 8.81. The van der Waals surface area contributed by atoms with E-state index in [-0.39, 0.29) is 23.0 Å². The van der Waals surface area contributed by atoms with Crippen LogP contribution in [0.5, 0.6) is 0 Å². The number of sulfone groups is 1. The molecule has 0 aliphatic heterocycles. The van der Waals surface area contributed by atoms with Crippen molar-refractivity contribution in [2.45, 2.75) is 24.8 Å². The number of likely N-dealkylation sites (N-methyl/N-ethyl adjacent to an activating group) is 1. The number of carbonyl (C=O) groups is 2. The standard InChI is InChI=1S/C18H21NO5S2/c1-14-3-5-16(6-4-14)26(22,23)10-8-18(21)24-12-17(20)19(2)11-15-7-9-25-13-15/h3-7,9,13H,8,10-12H2,1-2H3. The van der Waals surface area contributed by atoms with Crippen LogP contribution in [-0.2, 0) is 30.7 Å². The van der Waals surface area contributed by atoms with Crippen LogP contribution in [0.25, 0.3) is 0 Å². The predicted molar refractivity (Wildman–Crippen MR) is 99.6 cm³/mol. The van der Waals surface area contributed by atoms with Gasteiger partial charge in [0.15, 0.2) is 16.4 Å². The number of aryl methyl sites for hydroxylation is 1. The number of esters is 1. The van der Waals surface area contributed by atoms with Crippen molar-refractivity contribution in [3.63, 3.8) is 0 Å². The Morgan fingerprint density at radius 2 is 1.85 bits per heavy atom. The number of amides is 1. The molecule has 1 heterocycles. The minimum atomic E-state index is -3.56. The van der Waals surface area contributed by atoms with E-state index < -0.39 is 22.4 Å². The summed E-state index contributed by atoms with van der Waals surface area (Å²) >= 11 is 1.54. The van der Waals surface area contributed by atoms with Crippen LogP contribution in [0.4, 0.5) is 0 Å². The van der Waals surface area contributed by atoms with E-state index in [4.69, 9.17) is 4.74 Å². The summed E-state index contributed by atoms with van der Waals surface area (Å²) in [7, 11) is -1.94. The average molecular weight is 396 g/mol. The highest BCUT2D eigenvalue weighted by Gasteiger charge is 2.18. The Morgan fingerprint density at radius 3 is 2.46 bits per heavy atom. The molecule has 0 aliphatic carbocycles. The maximum absolute atomic E-state index is 12.2. The van der Waals surface area contributed by atoms with Gasteiger partial charge < -0.3 is 9.64 Å². The average Bonchev–Trinajstić information content (AvgIpc) is 3.11. The summed E-state index contributed by atoms with van der Waals surface area (Å²) in [5.74, 6) is -1.41. The van der Waals surface area contributed by atoms with Gasteiger partial charge in [0.05, 0.1) is 17.1 Å². The quantitative estimate of drug-likeness (QED) is 0.641. The van der Waals surface area contributed by atoms with Gasteiger partial charge in [-0.1, -0.05) is 17.7 Å². The van der Waals surface area contributed by atoms with Gasteiger partial charge in [-0.2, -0.15) is 11.3 Å². The van der Waals surface area contributed by atoms with Gasteiger partial charge in [-0.25, -0.2) is 8.42 Å². The summed E-state index contributed by atoms with van der Waals surface area (Å²) in [6.45, 7) is 1.89. The Kier molecular flexibility index (Phi) is 6.93. The Morgan fingerprint density at radius 1 is 1.15 bits per heavy atom. The number of ether oxygens (including phenoxy) is 1. The zero-order valence-corrected chi connectivity index (χ0v) is 16.3. The van der Waals surface area contributed by atoms with E-state index in [0.717, 1.165) is 11.1 Å². The molecular formula is C18H21NO5S2. The number of benzene rings is 1. The number of nitrogens with zero attached hydrogens (tertiary/aromatic N) is 1. The number of hydrogen-bond donors (Lipinski definition) is 0. The molecule has 140 valence electrons. The maximum Gasteiger partial charge on any atom is 0.307 e. The molecule has 0 spiro atoms. The van der Waals surface area contributed by atoms with Gasteiger partial charge in [0, 0.05) is 13.6 Å². The fraction of sp³-hybridized carbons (Fsp3) is 0.333. The maximum atomic E-state index is 12.2. The summed E-state index contributed by atoms with van der Waals surface area (Å²) in [6.07, 6.45) is -0.294. The van der Waals surface area contributed by atoms with Crippen LogP contribution in [0, 0.1) is 6.92 Å². The summed E-state index contributed by atoms with van der Waals surface area (Å²) in [6, 6.07) is 8.34. The monoisotopic (exact) mass is 395 g/mol. The van der Waals surface area contributed by atoms with Crippen molar-refractivity contribution in [1.29, 1.82) is 0 Å². The molecule has 0 aliphatic rings. The van der Waals surface area contributed by atoms with Gasteiger partial charge in [0.2, 0.25) is 0 Å². The third-order valence-electron chi connectivity index (χ3n) is 3.74. The van der Waals surface area contributed by atoms with Crippen LogP contribution in [0.15, 0.2) is 46.0 Å². The molecule has 26 heavy (non-hydrogen) atoms. The number of thiophene rings is 1. The number of hydrogen-bond acceptors (Lipinski definition) is 6. The van der Waals surface area contributed by atoms with E-state index >= 15 is 0 Å². The zero-order valence-electron chi connectivity index (χ0n) is 14.7. The lowest BCUT2D eigenvalue weighted by Gasteiger charge is -2.16. The molecule has 0 saturated carbocycles. The van der Waals surface area contributed by atoms with E-state index in [1.165, 1.54) is 28.4 Å². The minimum Gasteiger partial charge on any atom is -0.456 e. The highest BCUT2D eigenvalue weighted by molar-refractivity contribution is 7.91. The molecule has 8 heteroatoms. The SMILES string of the molecule is Cc1ccc(S(=O)(=O)CCC(=O)OCC(=O)N(C)Cc2ccsc2)cc1. The van der Waals surface area contributed by atoms with E-state index in [0.29, 0.717) is 6.54 Å². The Hall–Kier alpha value is -2.19. The molecule has 2 rings (SSSR count). The lowest BCUT2D eigenvalue weighted by atomic mass is 10.2. The molecule has 0 saturated heterocycles. The summed E-state index contributed by atoms with van der Waals surface area (Å²) < 4.78 is 29.3.